The van der Waals surface area contributed by atoms with E-state index in [2.05, 4.69) is 17.6 Å². The van der Waals surface area contributed by atoms with Gasteiger partial charge in [-0.2, -0.15) is 0 Å². The number of rotatable bonds is 5. The van der Waals surface area contributed by atoms with Crippen LogP contribution in [0, 0.1) is 5.41 Å². The minimum atomic E-state index is -0.939. The molecule has 2 fully saturated rings. The molecule has 0 bridgehead atoms. The molecule has 3 atom stereocenters. The van der Waals surface area contributed by atoms with Gasteiger partial charge in [0.2, 0.25) is 11.8 Å². The van der Waals surface area contributed by atoms with Crippen molar-refractivity contribution in [1.82, 2.24) is 15.5 Å². The van der Waals surface area contributed by atoms with Crippen molar-refractivity contribution >= 4 is 23.6 Å². The van der Waals surface area contributed by atoms with Gasteiger partial charge in [-0.05, 0) is 42.4 Å². The van der Waals surface area contributed by atoms with Crippen LogP contribution in [-0.2, 0) is 16.1 Å². The van der Waals surface area contributed by atoms with E-state index in [-0.39, 0.29) is 30.2 Å². The van der Waals surface area contributed by atoms with Crippen LogP contribution in [0.1, 0.15) is 65.3 Å². The van der Waals surface area contributed by atoms with E-state index in [0.717, 1.165) is 36.3 Å². The molecule has 3 aliphatic rings. The van der Waals surface area contributed by atoms with E-state index in [1.54, 1.807) is 12.1 Å². The topological polar surface area (TPSA) is 122 Å². The first-order valence-electron chi connectivity index (χ1n) is 10.1. The summed E-state index contributed by atoms with van der Waals surface area (Å²) >= 11 is 0. The number of imide groups is 2. The minimum absolute atomic E-state index is 0.0745. The van der Waals surface area contributed by atoms with Crippen LogP contribution < -0.4 is 16.4 Å². The van der Waals surface area contributed by atoms with E-state index in [1.807, 2.05) is 6.07 Å². The lowest BCUT2D eigenvalue weighted by Gasteiger charge is -2.29. The highest BCUT2D eigenvalue weighted by Crippen LogP contribution is 2.36. The first kappa shape index (κ1) is 19.7. The highest BCUT2D eigenvalue weighted by atomic mass is 16.2. The van der Waals surface area contributed by atoms with Crippen LogP contribution in [-0.4, -0.2) is 47.2 Å². The van der Waals surface area contributed by atoms with Crippen LogP contribution in [0.25, 0.3) is 0 Å². The van der Waals surface area contributed by atoms with Crippen molar-refractivity contribution < 1.29 is 19.2 Å². The van der Waals surface area contributed by atoms with Gasteiger partial charge in [-0.1, -0.05) is 19.4 Å². The number of carbonyl (C=O) groups excluding carboxylic acids is 4. The van der Waals surface area contributed by atoms with Gasteiger partial charge < -0.3 is 11.1 Å². The Labute approximate surface area is 169 Å². The Morgan fingerprint density at radius 2 is 1.93 bits per heavy atom. The molecule has 29 heavy (non-hydrogen) atoms. The predicted molar refractivity (Wildman–Crippen MR) is 105 cm³/mol. The normalized spacial score (nSPS) is 29.4. The number of piperidine rings is 1. The molecule has 4 rings (SSSR count). The van der Waals surface area contributed by atoms with Crippen molar-refractivity contribution in [3.05, 3.63) is 34.9 Å². The van der Waals surface area contributed by atoms with E-state index >= 15 is 0 Å². The van der Waals surface area contributed by atoms with Gasteiger partial charge in [0.05, 0.1) is 11.1 Å². The summed E-state index contributed by atoms with van der Waals surface area (Å²) in [5, 5.41) is 5.63. The van der Waals surface area contributed by atoms with Crippen molar-refractivity contribution in [1.29, 1.82) is 0 Å². The van der Waals surface area contributed by atoms with Gasteiger partial charge in [0.1, 0.15) is 6.04 Å². The third kappa shape index (κ3) is 3.47. The third-order valence-corrected chi connectivity index (χ3v) is 6.52. The molecule has 4 N–H and O–H groups in total. The lowest BCUT2D eigenvalue weighted by Crippen LogP contribution is -2.54. The second-order valence-corrected chi connectivity index (χ2v) is 8.58. The van der Waals surface area contributed by atoms with Gasteiger partial charge in [0.25, 0.3) is 11.8 Å². The number of nitrogens with two attached hydrogens (primary N) is 1. The van der Waals surface area contributed by atoms with Gasteiger partial charge in [0, 0.05) is 25.6 Å². The van der Waals surface area contributed by atoms with Gasteiger partial charge in [-0.15, -0.1) is 0 Å². The van der Waals surface area contributed by atoms with E-state index < -0.39 is 23.8 Å². The summed E-state index contributed by atoms with van der Waals surface area (Å²) in [6, 6.07) is 4.43. The van der Waals surface area contributed by atoms with Crippen molar-refractivity contribution in [3.8, 4) is 0 Å². The summed E-state index contributed by atoms with van der Waals surface area (Å²) in [6.07, 6.45) is 3.55. The highest BCUT2D eigenvalue weighted by Gasteiger charge is 2.44. The highest BCUT2D eigenvalue weighted by molar-refractivity contribution is 6.23. The van der Waals surface area contributed by atoms with Gasteiger partial charge in [-0.25, -0.2) is 0 Å². The van der Waals surface area contributed by atoms with Crippen LogP contribution in [0.4, 0.5) is 0 Å². The van der Waals surface area contributed by atoms with Crippen LogP contribution >= 0.6 is 0 Å². The average Bonchev–Trinajstić information content (AvgIpc) is 3.13. The number of hydrogen-bond acceptors (Lipinski definition) is 6. The Morgan fingerprint density at radius 3 is 2.62 bits per heavy atom. The lowest BCUT2D eigenvalue weighted by atomic mass is 9.85. The zero-order chi connectivity index (χ0) is 20.8. The second-order valence-electron chi connectivity index (χ2n) is 8.58. The second kappa shape index (κ2) is 7.35. The SMILES string of the molecule is C[C@@]1(CNCc2ccc3c(c2)C(=O)N(C2CCC(=O)NC2=O)C3=O)CCC[C@H]1N. The fourth-order valence-electron chi connectivity index (χ4n) is 4.60. The van der Waals surface area contributed by atoms with Gasteiger partial charge in [-0.3, -0.25) is 29.4 Å². The Kier molecular flexibility index (Phi) is 5.00. The summed E-state index contributed by atoms with van der Waals surface area (Å²) in [6.45, 7) is 3.55. The van der Waals surface area contributed by atoms with Crippen LogP contribution in [0.3, 0.4) is 0 Å². The van der Waals surface area contributed by atoms with Crippen LogP contribution in [0.15, 0.2) is 18.2 Å². The average molecular weight is 398 g/mol. The van der Waals surface area contributed by atoms with Crippen molar-refractivity contribution in [3.63, 3.8) is 0 Å². The smallest absolute Gasteiger partial charge is 0.262 e. The third-order valence-electron chi connectivity index (χ3n) is 6.52. The Balaban J connectivity index is 1.46. The zero-order valence-electron chi connectivity index (χ0n) is 16.5. The summed E-state index contributed by atoms with van der Waals surface area (Å²) in [4.78, 5) is 50.1. The van der Waals surface area contributed by atoms with E-state index in [0.29, 0.717) is 17.7 Å². The fourth-order valence-corrected chi connectivity index (χ4v) is 4.60. The maximum atomic E-state index is 12.9. The molecule has 0 spiro atoms. The van der Waals surface area contributed by atoms with Crippen molar-refractivity contribution in [2.45, 2.75) is 57.7 Å². The molecule has 1 saturated heterocycles. The number of amides is 4. The molecule has 1 aromatic rings. The Hall–Kier alpha value is -2.58. The molecule has 154 valence electrons. The number of carbonyl (C=O) groups is 4. The van der Waals surface area contributed by atoms with Gasteiger partial charge in [0.15, 0.2) is 0 Å². The molecule has 2 aliphatic heterocycles. The standard InChI is InChI=1S/C21H26N4O4/c1-21(8-2-3-16(21)22)11-23-10-12-4-5-13-14(9-12)20(29)25(19(13)28)15-6-7-17(26)24-18(15)27/h4-5,9,15-16,23H,2-3,6-8,10-11,22H2,1H3,(H,24,26,27)/t15?,16-,21+/m1/s1. The number of nitrogens with zero attached hydrogens (tertiary/aromatic N) is 1. The van der Waals surface area contributed by atoms with Gasteiger partial charge >= 0.3 is 0 Å². The Morgan fingerprint density at radius 1 is 1.17 bits per heavy atom. The number of benzene rings is 1. The maximum absolute atomic E-state index is 12.9. The largest absolute Gasteiger partial charge is 0.327 e. The molecule has 1 saturated carbocycles. The van der Waals surface area contributed by atoms with Crippen molar-refractivity contribution in [2.24, 2.45) is 11.1 Å². The molecular formula is C21H26N4O4. The minimum Gasteiger partial charge on any atom is -0.327 e. The number of nitrogens with one attached hydrogen (secondary N) is 2. The molecule has 1 unspecified atom stereocenters. The van der Waals surface area contributed by atoms with Crippen LogP contribution in [0.2, 0.25) is 0 Å². The molecule has 0 radical (unpaired) electrons. The molecule has 8 heteroatoms. The number of fused-ring (bicyclic) bond motifs is 1. The summed E-state index contributed by atoms with van der Waals surface area (Å²) < 4.78 is 0. The first-order chi connectivity index (χ1) is 13.8. The first-order valence-corrected chi connectivity index (χ1v) is 10.1. The molecular weight excluding hydrogens is 372 g/mol. The van der Waals surface area contributed by atoms with Crippen molar-refractivity contribution in [2.75, 3.05) is 6.54 Å². The van der Waals surface area contributed by atoms with E-state index in [9.17, 15) is 19.2 Å². The molecule has 1 aromatic carbocycles. The molecule has 8 nitrogen and oxygen atoms in total. The summed E-state index contributed by atoms with van der Waals surface area (Å²) in [7, 11) is 0. The quantitative estimate of drug-likeness (QED) is 0.628. The maximum Gasteiger partial charge on any atom is 0.262 e. The predicted octanol–water partition coefficient (Wildman–Crippen LogP) is 0.695. The molecule has 2 heterocycles. The molecule has 0 aromatic heterocycles. The van der Waals surface area contributed by atoms with E-state index in [1.165, 1.54) is 0 Å². The zero-order valence-corrected chi connectivity index (χ0v) is 16.5. The molecule has 1 aliphatic carbocycles. The fraction of sp³-hybridized carbons (Fsp3) is 0.524. The van der Waals surface area contributed by atoms with Crippen LogP contribution in [0.5, 0.6) is 0 Å². The summed E-state index contributed by atoms with van der Waals surface area (Å²) in [5.74, 6) is -1.94. The summed E-state index contributed by atoms with van der Waals surface area (Å²) in [5.41, 5.74) is 7.80. The lowest BCUT2D eigenvalue weighted by molar-refractivity contribution is -0.136. The Bertz CT molecular complexity index is 899. The number of hydrogen-bond donors (Lipinski definition) is 3. The molecule has 4 amide bonds. The monoisotopic (exact) mass is 398 g/mol. The van der Waals surface area contributed by atoms with E-state index in [4.69, 9.17) is 5.73 Å².